The molecule has 0 heterocycles. The fourth-order valence-electron chi connectivity index (χ4n) is 2.90. The fourth-order valence-corrected chi connectivity index (χ4v) is 3.34. The Morgan fingerprint density at radius 1 is 1.38 bits per heavy atom. The minimum Gasteiger partial charge on any atom is -0.310 e. The zero-order valence-corrected chi connectivity index (χ0v) is 14.7. The highest BCUT2D eigenvalue weighted by Crippen LogP contribution is 2.38. The average molecular weight is 329 g/mol. The lowest BCUT2D eigenvalue weighted by molar-refractivity contribution is 0.293. The molecule has 3 atom stereocenters. The van der Waals surface area contributed by atoms with E-state index in [0.717, 1.165) is 36.9 Å². The highest BCUT2D eigenvalue weighted by molar-refractivity contribution is 6.42. The fraction of sp³-hybridized carbons (Fsp3) is 0.647. The summed E-state index contributed by atoms with van der Waals surface area (Å²) in [6, 6.07) is 6.16. The molecule has 3 unspecified atom stereocenters. The zero-order valence-electron chi connectivity index (χ0n) is 13.2. The SMILES string of the molecule is CCNC(CCN(C)CC1CC1C)c1cccc(Cl)c1Cl. The Balaban J connectivity index is 1.93. The smallest absolute Gasteiger partial charge is 0.0640 e. The van der Waals surface area contributed by atoms with Gasteiger partial charge in [0.15, 0.2) is 0 Å². The molecule has 4 heteroatoms. The van der Waals surface area contributed by atoms with Gasteiger partial charge in [-0.1, -0.05) is 49.2 Å². The highest BCUT2D eigenvalue weighted by atomic mass is 35.5. The predicted molar refractivity (Wildman–Crippen MR) is 92.3 cm³/mol. The van der Waals surface area contributed by atoms with Gasteiger partial charge in [0.2, 0.25) is 0 Å². The van der Waals surface area contributed by atoms with Crippen molar-refractivity contribution in [3.8, 4) is 0 Å². The van der Waals surface area contributed by atoms with Crippen LogP contribution >= 0.6 is 23.2 Å². The highest BCUT2D eigenvalue weighted by Gasteiger charge is 2.33. The van der Waals surface area contributed by atoms with E-state index < -0.39 is 0 Å². The van der Waals surface area contributed by atoms with Crippen LogP contribution in [0, 0.1) is 11.8 Å². The van der Waals surface area contributed by atoms with E-state index in [9.17, 15) is 0 Å². The van der Waals surface area contributed by atoms with E-state index >= 15 is 0 Å². The molecular formula is C17H26Cl2N2. The third-order valence-corrected chi connectivity index (χ3v) is 5.26. The molecular weight excluding hydrogens is 303 g/mol. The van der Waals surface area contributed by atoms with Gasteiger partial charge < -0.3 is 10.2 Å². The summed E-state index contributed by atoms with van der Waals surface area (Å²) in [6.07, 6.45) is 2.44. The van der Waals surface area contributed by atoms with Gasteiger partial charge in [-0.25, -0.2) is 0 Å². The number of nitrogens with zero attached hydrogens (tertiary/aromatic N) is 1. The van der Waals surface area contributed by atoms with Gasteiger partial charge in [0.05, 0.1) is 10.0 Å². The Labute approximate surface area is 138 Å². The van der Waals surface area contributed by atoms with Crippen LogP contribution in [0.25, 0.3) is 0 Å². The van der Waals surface area contributed by atoms with E-state index in [1.807, 2.05) is 12.1 Å². The summed E-state index contributed by atoms with van der Waals surface area (Å²) >= 11 is 12.5. The van der Waals surface area contributed by atoms with E-state index in [1.54, 1.807) is 0 Å². The number of nitrogens with one attached hydrogen (secondary N) is 1. The number of benzene rings is 1. The van der Waals surface area contributed by atoms with Crippen LogP contribution in [0.4, 0.5) is 0 Å². The zero-order chi connectivity index (χ0) is 15.4. The maximum absolute atomic E-state index is 6.37. The van der Waals surface area contributed by atoms with Gasteiger partial charge >= 0.3 is 0 Å². The standard InChI is InChI=1S/C17H26Cl2N2/c1-4-20-16(14-6-5-7-15(18)17(14)19)8-9-21(3)11-13-10-12(13)2/h5-7,12-13,16,20H,4,8-11H2,1-3H3. The molecule has 1 N–H and O–H groups in total. The van der Waals surface area contributed by atoms with Crippen LogP contribution < -0.4 is 5.32 Å². The lowest BCUT2D eigenvalue weighted by Gasteiger charge is -2.24. The Kier molecular flexibility index (Phi) is 6.36. The molecule has 1 saturated carbocycles. The number of halogens is 2. The summed E-state index contributed by atoms with van der Waals surface area (Å²) < 4.78 is 0. The van der Waals surface area contributed by atoms with E-state index in [0.29, 0.717) is 10.0 Å². The first-order valence-electron chi connectivity index (χ1n) is 7.88. The molecule has 1 aliphatic rings. The van der Waals surface area contributed by atoms with Crippen molar-refractivity contribution in [2.45, 2.75) is 32.7 Å². The molecule has 1 aromatic carbocycles. The minimum atomic E-state index is 0.264. The van der Waals surface area contributed by atoms with E-state index in [-0.39, 0.29) is 6.04 Å². The quantitative estimate of drug-likeness (QED) is 0.748. The summed E-state index contributed by atoms with van der Waals surface area (Å²) in [7, 11) is 2.22. The minimum absolute atomic E-state index is 0.264. The molecule has 2 nitrogen and oxygen atoms in total. The van der Waals surface area contributed by atoms with Crippen LogP contribution in [0.3, 0.4) is 0 Å². The second-order valence-electron chi connectivity index (χ2n) is 6.28. The molecule has 0 aromatic heterocycles. The van der Waals surface area contributed by atoms with Crippen molar-refractivity contribution in [2.75, 3.05) is 26.7 Å². The Morgan fingerprint density at radius 3 is 2.71 bits per heavy atom. The van der Waals surface area contributed by atoms with E-state index in [2.05, 4.69) is 37.2 Å². The Morgan fingerprint density at radius 2 is 2.10 bits per heavy atom. The molecule has 0 radical (unpaired) electrons. The van der Waals surface area contributed by atoms with Crippen LogP contribution in [0.5, 0.6) is 0 Å². The van der Waals surface area contributed by atoms with Crippen molar-refractivity contribution < 1.29 is 0 Å². The van der Waals surface area contributed by atoms with Crippen molar-refractivity contribution >= 4 is 23.2 Å². The molecule has 1 fully saturated rings. The summed E-state index contributed by atoms with van der Waals surface area (Å²) in [6.45, 7) is 7.68. The number of rotatable bonds is 8. The van der Waals surface area contributed by atoms with E-state index in [1.165, 1.54) is 13.0 Å². The normalized spacial score (nSPS) is 22.6. The van der Waals surface area contributed by atoms with Gasteiger partial charge in [0.1, 0.15) is 0 Å². The lowest BCUT2D eigenvalue weighted by Crippen LogP contribution is -2.28. The molecule has 2 rings (SSSR count). The van der Waals surface area contributed by atoms with Crippen LogP contribution in [-0.4, -0.2) is 31.6 Å². The summed E-state index contributed by atoms with van der Waals surface area (Å²) in [5, 5.41) is 4.85. The second-order valence-corrected chi connectivity index (χ2v) is 7.06. The average Bonchev–Trinajstić information content (AvgIpc) is 3.13. The topological polar surface area (TPSA) is 15.3 Å². The van der Waals surface area contributed by atoms with Crippen molar-refractivity contribution in [3.05, 3.63) is 33.8 Å². The van der Waals surface area contributed by atoms with Gasteiger partial charge in [-0.15, -0.1) is 0 Å². The first-order valence-corrected chi connectivity index (χ1v) is 8.64. The Hall–Kier alpha value is -0.280. The largest absolute Gasteiger partial charge is 0.310 e. The number of hydrogen-bond acceptors (Lipinski definition) is 2. The van der Waals surface area contributed by atoms with E-state index in [4.69, 9.17) is 23.2 Å². The summed E-state index contributed by atoms with van der Waals surface area (Å²) in [5.41, 5.74) is 1.11. The molecule has 118 valence electrons. The molecule has 0 spiro atoms. The first kappa shape index (κ1) is 17.1. The monoisotopic (exact) mass is 328 g/mol. The van der Waals surface area contributed by atoms with Gasteiger partial charge in [0.25, 0.3) is 0 Å². The van der Waals surface area contributed by atoms with Gasteiger partial charge in [-0.2, -0.15) is 0 Å². The van der Waals surface area contributed by atoms with Gasteiger partial charge in [-0.3, -0.25) is 0 Å². The third kappa shape index (κ3) is 4.85. The molecule has 0 aliphatic heterocycles. The van der Waals surface area contributed by atoms with Crippen LogP contribution in [0.1, 0.15) is 38.3 Å². The molecule has 21 heavy (non-hydrogen) atoms. The maximum atomic E-state index is 6.37. The third-order valence-electron chi connectivity index (χ3n) is 4.43. The van der Waals surface area contributed by atoms with Crippen molar-refractivity contribution in [3.63, 3.8) is 0 Å². The lowest BCUT2D eigenvalue weighted by atomic mass is 10.0. The van der Waals surface area contributed by atoms with Crippen LogP contribution in [-0.2, 0) is 0 Å². The summed E-state index contributed by atoms with van der Waals surface area (Å²) in [4.78, 5) is 2.44. The van der Waals surface area contributed by atoms with Crippen LogP contribution in [0.2, 0.25) is 10.0 Å². The Bertz CT molecular complexity index is 464. The first-order chi connectivity index (χ1) is 10.0. The van der Waals surface area contributed by atoms with Gasteiger partial charge in [0, 0.05) is 12.6 Å². The predicted octanol–water partition coefficient (Wildman–Crippen LogP) is 4.62. The van der Waals surface area contributed by atoms with Crippen molar-refractivity contribution in [1.82, 2.24) is 10.2 Å². The molecule has 0 bridgehead atoms. The van der Waals surface area contributed by atoms with Gasteiger partial charge in [-0.05, 0) is 56.4 Å². The number of hydrogen-bond donors (Lipinski definition) is 1. The second kappa shape index (κ2) is 7.82. The molecule has 0 saturated heterocycles. The van der Waals surface area contributed by atoms with Crippen LogP contribution in [0.15, 0.2) is 18.2 Å². The molecule has 1 aromatic rings. The van der Waals surface area contributed by atoms with Crippen molar-refractivity contribution in [1.29, 1.82) is 0 Å². The maximum Gasteiger partial charge on any atom is 0.0640 e. The molecule has 0 amide bonds. The van der Waals surface area contributed by atoms with Crippen molar-refractivity contribution in [2.24, 2.45) is 11.8 Å². The summed E-state index contributed by atoms with van der Waals surface area (Å²) in [5.74, 6) is 1.82. The molecule has 1 aliphatic carbocycles.